The summed E-state index contributed by atoms with van der Waals surface area (Å²) in [6.07, 6.45) is 0. The zero-order chi connectivity index (χ0) is 11.4. The van der Waals surface area contributed by atoms with Crippen molar-refractivity contribution < 1.29 is 14.3 Å². The monoisotopic (exact) mass is 293 g/mol. The van der Waals surface area contributed by atoms with Crippen LogP contribution in [0.25, 0.3) is 0 Å². The van der Waals surface area contributed by atoms with Crippen LogP contribution >= 0.6 is 27.7 Å². The number of ether oxygens (including phenoxy) is 1. The highest BCUT2D eigenvalue weighted by molar-refractivity contribution is 9.10. The van der Waals surface area contributed by atoms with Crippen molar-refractivity contribution in [2.45, 2.75) is 34.8 Å². The maximum absolute atomic E-state index is 11.6. The third-order valence-corrected chi connectivity index (χ3v) is 5.61. The SMILES string of the molecule is COC(=O)[C@@H]1N2C(=O)[C@@H](Br)[C@H]2SC1(C)C. The normalized spacial score (nSPS) is 37.2. The van der Waals surface area contributed by atoms with E-state index in [4.69, 9.17) is 4.74 Å². The average molecular weight is 294 g/mol. The number of thioether (sulfide) groups is 1. The summed E-state index contributed by atoms with van der Waals surface area (Å²) in [6, 6.07) is -0.459. The van der Waals surface area contributed by atoms with Crippen molar-refractivity contribution in [3.8, 4) is 0 Å². The van der Waals surface area contributed by atoms with E-state index in [-0.39, 0.29) is 26.8 Å². The van der Waals surface area contributed by atoms with Crippen molar-refractivity contribution in [1.82, 2.24) is 4.90 Å². The summed E-state index contributed by atoms with van der Waals surface area (Å²) in [5, 5.41) is 0.0663. The lowest BCUT2D eigenvalue weighted by atomic mass is 9.98. The number of fused-ring (bicyclic) bond motifs is 1. The van der Waals surface area contributed by atoms with Gasteiger partial charge in [0.1, 0.15) is 16.2 Å². The number of rotatable bonds is 1. The molecule has 0 aliphatic carbocycles. The van der Waals surface area contributed by atoms with Crippen molar-refractivity contribution in [3.63, 3.8) is 0 Å². The molecule has 2 aliphatic heterocycles. The molecule has 0 aromatic carbocycles. The van der Waals surface area contributed by atoms with E-state index in [9.17, 15) is 9.59 Å². The van der Waals surface area contributed by atoms with Crippen molar-refractivity contribution in [2.75, 3.05) is 7.11 Å². The van der Waals surface area contributed by atoms with Gasteiger partial charge in [-0.2, -0.15) is 0 Å². The summed E-state index contributed by atoms with van der Waals surface area (Å²) >= 11 is 4.96. The minimum Gasteiger partial charge on any atom is -0.467 e. The van der Waals surface area contributed by atoms with Crippen LogP contribution in [0.15, 0.2) is 0 Å². The Morgan fingerprint density at radius 1 is 1.60 bits per heavy atom. The van der Waals surface area contributed by atoms with Gasteiger partial charge in [-0.3, -0.25) is 4.79 Å². The topological polar surface area (TPSA) is 46.6 Å². The lowest BCUT2D eigenvalue weighted by molar-refractivity contribution is -0.158. The molecule has 15 heavy (non-hydrogen) atoms. The maximum Gasteiger partial charge on any atom is 0.330 e. The molecule has 2 saturated heterocycles. The van der Waals surface area contributed by atoms with Gasteiger partial charge in [-0.1, -0.05) is 15.9 Å². The van der Waals surface area contributed by atoms with Gasteiger partial charge in [0.05, 0.1) is 7.11 Å². The molecule has 0 radical (unpaired) electrons. The number of hydrogen-bond acceptors (Lipinski definition) is 4. The van der Waals surface area contributed by atoms with Gasteiger partial charge < -0.3 is 9.64 Å². The molecule has 2 aliphatic rings. The Hall–Kier alpha value is -0.230. The zero-order valence-corrected chi connectivity index (χ0v) is 11.1. The van der Waals surface area contributed by atoms with Crippen molar-refractivity contribution in [2.24, 2.45) is 0 Å². The molecule has 0 spiro atoms. The minimum atomic E-state index is -0.459. The number of hydrogen-bond donors (Lipinski definition) is 0. The molecule has 0 aromatic rings. The van der Waals surface area contributed by atoms with E-state index in [0.717, 1.165) is 0 Å². The van der Waals surface area contributed by atoms with Crippen LogP contribution in [0.2, 0.25) is 0 Å². The first-order chi connectivity index (χ1) is 6.90. The van der Waals surface area contributed by atoms with Crippen LogP contribution in [0.4, 0.5) is 0 Å². The second-order valence-electron chi connectivity index (χ2n) is 4.18. The van der Waals surface area contributed by atoms with Crippen LogP contribution in [-0.4, -0.2) is 44.9 Å². The molecule has 1 amide bonds. The van der Waals surface area contributed by atoms with E-state index < -0.39 is 6.04 Å². The fraction of sp³-hybridized carbons (Fsp3) is 0.778. The molecule has 2 rings (SSSR count). The molecular formula is C9H12BrNO3S. The Kier molecular flexibility index (Phi) is 2.54. The first-order valence-electron chi connectivity index (χ1n) is 4.62. The quantitative estimate of drug-likeness (QED) is 0.411. The maximum atomic E-state index is 11.6. The fourth-order valence-corrected chi connectivity index (χ4v) is 4.41. The first kappa shape index (κ1) is 11.3. The molecule has 6 heteroatoms. The lowest BCUT2D eigenvalue weighted by Gasteiger charge is -2.41. The standard InChI is InChI=1S/C9H12BrNO3S/c1-9(2)5(8(13)14-3)11-6(12)4(10)7(11)15-9/h4-5,7H,1-3H3/t4-,5+,7-/m1/s1. The average Bonchev–Trinajstić information content (AvgIpc) is 2.45. The van der Waals surface area contributed by atoms with E-state index in [2.05, 4.69) is 15.9 Å². The Bertz CT molecular complexity index is 333. The summed E-state index contributed by atoms with van der Waals surface area (Å²) in [6.45, 7) is 3.93. The molecule has 0 unspecified atom stereocenters. The fourth-order valence-electron chi connectivity index (χ4n) is 2.06. The molecule has 0 aromatic heterocycles. The Morgan fingerprint density at radius 3 is 2.73 bits per heavy atom. The molecule has 2 heterocycles. The molecule has 4 nitrogen and oxygen atoms in total. The highest BCUT2D eigenvalue weighted by Crippen LogP contribution is 2.52. The van der Waals surface area contributed by atoms with Gasteiger partial charge in [-0.05, 0) is 13.8 Å². The number of carbonyl (C=O) groups excluding carboxylic acids is 2. The summed E-state index contributed by atoms with van der Waals surface area (Å²) in [4.78, 5) is 24.7. The molecular weight excluding hydrogens is 282 g/mol. The van der Waals surface area contributed by atoms with E-state index in [1.165, 1.54) is 7.11 Å². The Morgan fingerprint density at radius 2 is 2.20 bits per heavy atom. The summed E-state index contributed by atoms with van der Waals surface area (Å²) < 4.78 is 4.46. The van der Waals surface area contributed by atoms with Crippen LogP contribution in [0.5, 0.6) is 0 Å². The molecule has 3 atom stereocenters. The molecule has 0 saturated carbocycles. The molecule has 0 N–H and O–H groups in total. The van der Waals surface area contributed by atoms with Crippen LogP contribution in [-0.2, 0) is 14.3 Å². The van der Waals surface area contributed by atoms with Crippen LogP contribution in [0, 0.1) is 0 Å². The second-order valence-corrected chi connectivity index (χ2v) is 6.94. The molecule has 84 valence electrons. The number of alkyl halides is 1. The van der Waals surface area contributed by atoms with E-state index in [1.807, 2.05) is 13.8 Å². The van der Waals surface area contributed by atoms with Gasteiger partial charge in [-0.15, -0.1) is 11.8 Å². The Balaban J connectivity index is 2.29. The van der Waals surface area contributed by atoms with Gasteiger partial charge in [0, 0.05) is 4.75 Å². The number of amides is 1. The summed E-state index contributed by atoms with van der Waals surface area (Å²) in [7, 11) is 1.35. The number of β-lactam (4-membered cyclic amide) rings is 1. The van der Waals surface area contributed by atoms with E-state index in [1.54, 1.807) is 16.7 Å². The third-order valence-electron chi connectivity index (χ3n) is 2.80. The second kappa shape index (κ2) is 3.38. The predicted molar refractivity (Wildman–Crippen MR) is 60.8 cm³/mol. The van der Waals surface area contributed by atoms with E-state index >= 15 is 0 Å². The van der Waals surface area contributed by atoms with Gasteiger partial charge >= 0.3 is 5.97 Å². The summed E-state index contributed by atoms with van der Waals surface area (Å²) in [5.41, 5.74) is 0. The molecule has 0 bridgehead atoms. The van der Waals surface area contributed by atoms with Gasteiger partial charge in [0.25, 0.3) is 0 Å². The number of esters is 1. The van der Waals surface area contributed by atoms with Gasteiger partial charge in [-0.25, -0.2) is 4.79 Å². The first-order valence-corrected chi connectivity index (χ1v) is 6.41. The van der Waals surface area contributed by atoms with Gasteiger partial charge in [0.15, 0.2) is 0 Å². The van der Waals surface area contributed by atoms with Crippen molar-refractivity contribution in [3.05, 3.63) is 0 Å². The lowest BCUT2D eigenvalue weighted by Crippen LogP contribution is -2.63. The third kappa shape index (κ3) is 1.41. The van der Waals surface area contributed by atoms with Crippen LogP contribution in [0.1, 0.15) is 13.8 Å². The Labute approximate surface area is 101 Å². The highest BCUT2D eigenvalue weighted by atomic mass is 79.9. The van der Waals surface area contributed by atoms with E-state index in [0.29, 0.717) is 0 Å². The minimum absolute atomic E-state index is 0.0199. The smallest absolute Gasteiger partial charge is 0.330 e. The number of halogens is 1. The van der Waals surface area contributed by atoms with Crippen LogP contribution < -0.4 is 0 Å². The van der Waals surface area contributed by atoms with Gasteiger partial charge in [0.2, 0.25) is 5.91 Å². The van der Waals surface area contributed by atoms with Crippen molar-refractivity contribution >= 4 is 39.6 Å². The number of carbonyl (C=O) groups is 2. The highest BCUT2D eigenvalue weighted by Gasteiger charge is 2.63. The number of nitrogens with zero attached hydrogens (tertiary/aromatic N) is 1. The number of methoxy groups -OCH3 is 1. The molecule has 2 fully saturated rings. The van der Waals surface area contributed by atoms with Crippen LogP contribution in [0.3, 0.4) is 0 Å². The summed E-state index contributed by atoms with van der Waals surface area (Å²) in [5.74, 6) is -0.351. The zero-order valence-electron chi connectivity index (χ0n) is 8.69. The van der Waals surface area contributed by atoms with Crippen molar-refractivity contribution in [1.29, 1.82) is 0 Å². The predicted octanol–water partition coefficient (Wildman–Crippen LogP) is 0.985. The largest absolute Gasteiger partial charge is 0.467 e.